The number of anilines is 1. The lowest BCUT2D eigenvalue weighted by Gasteiger charge is -2.21. The summed E-state index contributed by atoms with van der Waals surface area (Å²) < 4.78 is 0. The van der Waals surface area contributed by atoms with Crippen molar-refractivity contribution >= 4 is 23.1 Å². The Bertz CT molecular complexity index is 980. The van der Waals surface area contributed by atoms with E-state index in [-0.39, 0.29) is 12.1 Å². The van der Waals surface area contributed by atoms with Crippen LogP contribution in [-0.2, 0) is 11.3 Å². The first-order valence-electron chi connectivity index (χ1n) is 8.43. The van der Waals surface area contributed by atoms with Crippen LogP contribution >= 0.6 is 0 Å². The van der Waals surface area contributed by atoms with Crippen LogP contribution in [0, 0.1) is 0 Å². The second-order valence-corrected chi connectivity index (χ2v) is 5.86. The molecule has 0 saturated carbocycles. The number of amides is 1. The minimum Gasteiger partial charge on any atom is -0.360 e. The fourth-order valence-corrected chi connectivity index (χ4v) is 2.69. The number of carbonyl (C=O) groups excluding carboxylic acids is 2. The molecule has 3 rings (SSSR count). The Hall–Kier alpha value is -3.82. The van der Waals surface area contributed by atoms with Crippen molar-refractivity contribution < 1.29 is 14.4 Å². The van der Waals surface area contributed by atoms with E-state index in [0.29, 0.717) is 5.69 Å². The number of carbonyl (C=O) groups is 2. The second-order valence-electron chi connectivity index (χ2n) is 5.86. The monoisotopic (exact) mass is 355 g/mol. The summed E-state index contributed by atoms with van der Waals surface area (Å²) in [6, 6.07) is 26.7. The van der Waals surface area contributed by atoms with Gasteiger partial charge in [-0.25, -0.2) is 0 Å². The maximum atomic E-state index is 13.1. The van der Waals surface area contributed by atoms with Gasteiger partial charge in [0.15, 0.2) is 0 Å². The van der Waals surface area contributed by atoms with Crippen LogP contribution in [0.4, 0.5) is 5.69 Å². The molecule has 0 saturated heterocycles. The Morgan fingerprint density at radius 3 is 1.85 bits per heavy atom. The van der Waals surface area contributed by atoms with Gasteiger partial charge < -0.3 is 5.53 Å². The van der Waals surface area contributed by atoms with E-state index in [0.717, 1.165) is 5.56 Å². The summed E-state index contributed by atoms with van der Waals surface area (Å²) in [7, 11) is 0. The van der Waals surface area contributed by atoms with Crippen molar-refractivity contribution in [2.75, 3.05) is 4.90 Å². The third kappa shape index (κ3) is 4.24. The Kier molecular flexibility index (Phi) is 5.67. The quantitative estimate of drug-likeness (QED) is 0.222. The van der Waals surface area contributed by atoms with E-state index in [9.17, 15) is 15.1 Å². The van der Waals surface area contributed by atoms with Gasteiger partial charge in [-0.3, -0.25) is 14.5 Å². The highest BCUT2D eigenvalue weighted by Gasteiger charge is 2.35. The fraction of sp³-hybridized carbons (Fsp3) is 0.0455. The lowest BCUT2D eigenvalue weighted by molar-refractivity contribution is -0.116. The Morgan fingerprint density at radius 2 is 1.30 bits per heavy atom. The summed E-state index contributed by atoms with van der Waals surface area (Å²) in [5.41, 5.74) is 10.7. The first kappa shape index (κ1) is 18.0. The van der Waals surface area contributed by atoms with Crippen LogP contribution in [0.5, 0.6) is 0 Å². The predicted molar refractivity (Wildman–Crippen MR) is 103 cm³/mol. The summed E-state index contributed by atoms with van der Waals surface area (Å²) in [5, 5.41) is 0. The molecule has 132 valence electrons. The number of hydrogen-bond donors (Lipinski definition) is 0. The lowest BCUT2D eigenvalue weighted by Crippen LogP contribution is -2.40. The van der Waals surface area contributed by atoms with Crippen LogP contribution in [0.3, 0.4) is 0 Å². The molecule has 3 aromatic rings. The molecule has 0 spiro atoms. The Morgan fingerprint density at radius 1 is 0.778 bits per heavy atom. The molecule has 27 heavy (non-hydrogen) atoms. The molecule has 0 N–H and O–H groups in total. The van der Waals surface area contributed by atoms with Gasteiger partial charge in [-0.05, 0) is 17.7 Å². The molecule has 0 aromatic heterocycles. The van der Waals surface area contributed by atoms with Crippen LogP contribution in [0.1, 0.15) is 15.9 Å². The van der Waals surface area contributed by atoms with Gasteiger partial charge in [-0.1, -0.05) is 78.9 Å². The molecule has 0 radical (unpaired) electrons. The van der Waals surface area contributed by atoms with Crippen molar-refractivity contribution in [3.05, 3.63) is 108 Å². The molecule has 0 aliphatic heterocycles. The zero-order chi connectivity index (χ0) is 19.1. The third-order valence-corrected chi connectivity index (χ3v) is 4.05. The molecular formula is C22H17N3O2. The SMILES string of the molecule is [N-]=[N+]=C(C(=O)c1ccccc1)C(=O)N(Cc1ccccc1)c1ccccc1. The molecule has 0 fully saturated rings. The summed E-state index contributed by atoms with van der Waals surface area (Å²) in [6.45, 7) is 0.241. The number of ketones is 1. The van der Waals surface area contributed by atoms with Crippen molar-refractivity contribution in [2.45, 2.75) is 6.54 Å². The number of Topliss-reactive ketones (excluding diaryl/α,β-unsaturated/α-hetero) is 1. The fourth-order valence-electron chi connectivity index (χ4n) is 2.69. The highest BCUT2D eigenvalue weighted by atomic mass is 16.2. The van der Waals surface area contributed by atoms with Gasteiger partial charge in [0.25, 0.3) is 5.78 Å². The van der Waals surface area contributed by atoms with E-state index >= 15 is 0 Å². The van der Waals surface area contributed by atoms with Crippen molar-refractivity contribution in [1.82, 2.24) is 0 Å². The summed E-state index contributed by atoms with van der Waals surface area (Å²) in [4.78, 5) is 30.2. The third-order valence-electron chi connectivity index (χ3n) is 4.05. The standard InChI is InChI=1S/C22H17N3O2/c23-24-20(21(26)18-12-6-2-7-13-18)22(27)25(19-14-8-3-9-15-19)16-17-10-4-1-5-11-17/h1-15H,16H2. The molecule has 0 unspecified atom stereocenters. The number of para-hydroxylation sites is 1. The van der Waals surface area contributed by atoms with Crippen molar-refractivity contribution in [1.29, 1.82) is 0 Å². The first-order chi connectivity index (χ1) is 13.2. The van der Waals surface area contributed by atoms with Gasteiger partial charge in [0.2, 0.25) is 0 Å². The van der Waals surface area contributed by atoms with Crippen molar-refractivity contribution in [2.24, 2.45) is 0 Å². The van der Waals surface area contributed by atoms with E-state index in [1.807, 2.05) is 36.4 Å². The highest BCUT2D eigenvalue weighted by Crippen LogP contribution is 2.18. The molecule has 1 amide bonds. The van der Waals surface area contributed by atoms with E-state index in [1.54, 1.807) is 54.6 Å². The number of hydrogen-bond acceptors (Lipinski definition) is 2. The van der Waals surface area contributed by atoms with E-state index in [2.05, 4.69) is 4.79 Å². The normalized spacial score (nSPS) is 9.93. The molecule has 0 bridgehead atoms. The summed E-state index contributed by atoms with van der Waals surface area (Å²) in [5.74, 6) is -1.29. The molecular weight excluding hydrogens is 338 g/mol. The minimum absolute atomic E-state index is 0.241. The van der Waals surface area contributed by atoms with Crippen molar-refractivity contribution in [3.8, 4) is 0 Å². The molecule has 0 aliphatic carbocycles. The van der Waals surface area contributed by atoms with Crippen molar-refractivity contribution in [3.63, 3.8) is 0 Å². The molecule has 0 atom stereocenters. The average molecular weight is 355 g/mol. The van der Waals surface area contributed by atoms with Gasteiger partial charge >= 0.3 is 11.6 Å². The second kappa shape index (κ2) is 8.52. The van der Waals surface area contributed by atoms with Crippen LogP contribution in [-0.4, -0.2) is 22.2 Å². The van der Waals surface area contributed by atoms with Crippen LogP contribution in [0.25, 0.3) is 5.53 Å². The number of rotatable bonds is 6. The maximum Gasteiger partial charge on any atom is 0.427 e. The molecule has 5 heteroatoms. The Labute approximate surface area is 157 Å². The van der Waals surface area contributed by atoms with Crippen LogP contribution < -0.4 is 4.90 Å². The zero-order valence-corrected chi connectivity index (χ0v) is 14.5. The van der Waals surface area contributed by atoms with Gasteiger partial charge in [0, 0.05) is 11.3 Å². The minimum atomic E-state index is -0.665. The van der Waals surface area contributed by atoms with Gasteiger partial charge in [-0.2, -0.15) is 4.79 Å². The topological polar surface area (TPSA) is 73.8 Å². The smallest absolute Gasteiger partial charge is 0.360 e. The van der Waals surface area contributed by atoms with Crippen LogP contribution in [0.2, 0.25) is 0 Å². The summed E-state index contributed by atoms with van der Waals surface area (Å²) in [6.07, 6.45) is 0. The number of benzene rings is 3. The molecule has 3 aromatic carbocycles. The highest BCUT2D eigenvalue weighted by molar-refractivity contribution is 6.68. The lowest BCUT2D eigenvalue weighted by atomic mass is 10.1. The largest absolute Gasteiger partial charge is 0.427 e. The van der Waals surface area contributed by atoms with Gasteiger partial charge in [0.05, 0.1) is 6.54 Å². The van der Waals surface area contributed by atoms with E-state index in [4.69, 9.17) is 0 Å². The summed E-state index contributed by atoms with van der Waals surface area (Å²) >= 11 is 0. The van der Waals surface area contributed by atoms with E-state index < -0.39 is 17.4 Å². The average Bonchev–Trinajstić information content (AvgIpc) is 2.74. The molecule has 0 aliphatic rings. The predicted octanol–water partition coefficient (Wildman–Crippen LogP) is 3.77. The Balaban J connectivity index is 1.96. The van der Waals surface area contributed by atoms with Gasteiger partial charge in [-0.15, -0.1) is 0 Å². The van der Waals surface area contributed by atoms with Gasteiger partial charge in [0.1, 0.15) is 0 Å². The van der Waals surface area contributed by atoms with Crippen LogP contribution in [0.15, 0.2) is 91.0 Å². The molecule has 5 nitrogen and oxygen atoms in total. The zero-order valence-electron chi connectivity index (χ0n) is 14.5. The van der Waals surface area contributed by atoms with E-state index in [1.165, 1.54) is 4.90 Å². The number of nitrogens with zero attached hydrogens (tertiary/aromatic N) is 3. The molecule has 0 heterocycles. The maximum absolute atomic E-state index is 13.1. The first-order valence-corrected chi connectivity index (χ1v) is 8.43.